The number of hydrogen-bond acceptors (Lipinski definition) is 4. The molecule has 10 heteroatoms. The molecule has 3 rings (SSSR count). The van der Waals surface area contributed by atoms with E-state index in [9.17, 15) is 14.7 Å². The molecule has 148 valence electrons. The van der Waals surface area contributed by atoms with Crippen LogP contribution in [0.3, 0.4) is 0 Å². The molecule has 1 aliphatic heterocycles. The number of carbonyl (C=O) groups is 2. The average Bonchev–Trinajstić information content (AvgIpc) is 2.68. The average molecular weight is 445 g/mol. The first-order valence-corrected chi connectivity index (χ1v) is 9.42. The Morgan fingerprint density at radius 1 is 0.964 bits per heavy atom. The lowest BCUT2D eigenvalue weighted by atomic mass is 10.1. The van der Waals surface area contributed by atoms with Crippen molar-refractivity contribution in [2.45, 2.75) is 0 Å². The molecule has 1 fully saturated rings. The van der Waals surface area contributed by atoms with Crippen molar-refractivity contribution in [1.82, 2.24) is 4.90 Å². The molecule has 0 unspecified atom stereocenters. The molecule has 0 bridgehead atoms. The predicted molar refractivity (Wildman–Crippen MR) is 109 cm³/mol. The SMILES string of the molecule is O=C(Nc1ccc(Cl)c(C(=O)N2CCOCC2)c1O)Nc1cccc(Cl)c1Cl. The number of amides is 3. The van der Waals surface area contributed by atoms with E-state index in [0.717, 1.165) is 0 Å². The van der Waals surface area contributed by atoms with Gasteiger partial charge in [-0.25, -0.2) is 4.79 Å². The van der Waals surface area contributed by atoms with E-state index < -0.39 is 17.7 Å². The fourth-order valence-corrected chi connectivity index (χ4v) is 3.25. The summed E-state index contributed by atoms with van der Waals surface area (Å²) in [5.74, 6) is -0.857. The molecule has 1 aliphatic rings. The number of urea groups is 1. The molecule has 1 saturated heterocycles. The molecule has 2 aromatic carbocycles. The van der Waals surface area contributed by atoms with Crippen LogP contribution in [0.2, 0.25) is 15.1 Å². The summed E-state index contributed by atoms with van der Waals surface area (Å²) in [6.45, 7) is 1.59. The Morgan fingerprint density at radius 2 is 1.64 bits per heavy atom. The van der Waals surface area contributed by atoms with Crippen molar-refractivity contribution < 1.29 is 19.4 Å². The predicted octanol–water partition coefficient (Wildman–Crippen LogP) is 4.47. The molecule has 0 aromatic heterocycles. The van der Waals surface area contributed by atoms with Crippen LogP contribution in [0.25, 0.3) is 0 Å². The van der Waals surface area contributed by atoms with Gasteiger partial charge in [0, 0.05) is 13.1 Å². The molecule has 0 aliphatic carbocycles. The van der Waals surface area contributed by atoms with Gasteiger partial charge in [-0.1, -0.05) is 40.9 Å². The Kier molecular flexibility index (Phi) is 6.51. The van der Waals surface area contributed by atoms with Gasteiger partial charge >= 0.3 is 6.03 Å². The normalized spacial score (nSPS) is 13.9. The minimum absolute atomic E-state index is 0.0247. The smallest absolute Gasteiger partial charge is 0.323 e. The lowest BCUT2D eigenvalue weighted by Gasteiger charge is -2.27. The Labute approximate surface area is 176 Å². The van der Waals surface area contributed by atoms with Crippen LogP contribution < -0.4 is 10.6 Å². The molecular formula is C18H16Cl3N3O4. The van der Waals surface area contributed by atoms with Crippen molar-refractivity contribution in [3.05, 3.63) is 51.0 Å². The Morgan fingerprint density at radius 3 is 2.36 bits per heavy atom. The quantitative estimate of drug-likeness (QED) is 0.609. The Balaban J connectivity index is 1.80. The van der Waals surface area contributed by atoms with Gasteiger partial charge in [0.2, 0.25) is 0 Å². The number of benzene rings is 2. The fourth-order valence-electron chi connectivity index (χ4n) is 2.67. The van der Waals surface area contributed by atoms with E-state index in [1.165, 1.54) is 17.0 Å². The van der Waals surface area contributed by atoms with E-state index in [1.54, 1.807) is 18.2 Å². The number of ether oxygens (including phenoxy) is 1. The van der Waals surface area contributed by atoms with Crippen LogP contribution in [-0.2, 0) is 4.74 Å². The van der Waals surface area contributed by atoms with E-state index in [-0.39, 0.29) is 26.3 Å². The second kappa shape index (κ2) is 8.87. The van der Waals surface area contributed by atoms with Crippen LogP contribution in [0, 0.1) is 0 Å². The lowest BCUT2D eigenvalue weighted by Crippen LogP contribution is -2.40. The number of phenols is 1. The highest BCUT2D eigenvalue weighted by molar-refractivity contribution is 6.44. The number of morpholine rings is 1. The maximum absolute atomic E-state index is 12.7. The number of phenolic OH excluding ortho intramolecular Hbond substituents is 1. The first-order valence-electron chi connectivity index (χ1n) is 8.29. The van der Waals surface area contributed by atoms with E-state index in [2.05, 4.69) is 10.6 Å². The van der Waals surface area contributed by atoms with Crippen LogP contribution >= 0.6 is 34.8 Å². The number of nitrogens with one attached hydrogen (secondary N) is 2. The largest absolute Gasteiger partial charge is 0.505 e. The monoisotopic (exact) mass is 443 g/mol. The summed E-state index contributed by atoms with van der Waals surface area (Å²) in [7, 11) is 0. The zero-order valence-electron chi connectivity index (χ0n) is 14.5. The van der Waals surface area contributed by atoms with Crippen molar-refractivity contribution >= 4 is 58.1 Å². The minimum Gasteiger partial charge on any atom is -0.505 e. The summed E-state index contributed by atoms with van der Waals surface area (Å²) in [4.78, 5) is 26.5. The molecule has 0 radical (unpaired) electrons. The standard InChI is InChI=1S/C18H16Cl3N3O4/c19-10-4-5-13(16(25)14(10)17(26)24-6-8-28-9-7-24)23-18(27)22-12-3-1-2-11(20)15(12)21/h1-5,25H,6-9H2,(H2,22,23,27). The molecule has 2 aromatic rings. The van der Waals surface area contributed by atoms with Crippen molar-refractivity contribution in [3.63, 3.8) is 0 Å². The molecule has 3 N–H and O–H groups in total. The number of nitrogens with zero attached hydrogens (tertiary/aromatic N) is 1. The summed E-state index contributed by atoms with van der Waals surface area (Å²) in [5, 5.41) is 16.1. The number of hydrogen-bond donors (Lipinski definition) is 3. The van der Waals surface area contributed by atoms with E-state index in [0.29, 0.717) is 32.0 Å². The first-order chi connectivity index (χ1) is 13.4. The molecule has 0 atom stereocenters. The fraction of sp³-hybridized carbons (Fsp3) is 0.222. The Hall–Kier alpha value is -2.19. The third kappa shape index (κ3) is 4.44. The van der Waals surface area contributed by atoms with Gasteiger partial charge in [-0.2, -0.15) is 0 Å². The van der Waals surface area contributed by atoms with Crippen LogP contribution in [0.1, 0.15) is 10.4 Å². The summed E-state index contributed by atoms with van der Waals surface area (Å²) >= 11 is 18.1. The van der Waals surface area contributed by atoms with Gasteiger partial charge < -0.3 is 25.4 Å². The number of aromatic hydroxyl groups is 1. The van der Waals surface area contributed by atoms with Gasteiger partial charge in [0.15, 0.2) is 5.75 Å². The van der Waals surface area contributed by atoms with Gasteiger partial charge in [-0.15, -0.1) is 0 Å². The summed E-state index contributed by atoms with van der Waals surface area (Å²) in [5.41, 5.74) is 0.239. The number of rotatable bonds is 3. The maximum atomic E-state index is 12.7. The molecule has 0 saturated carbocycles. The highest BCUT2D eigenvalue weighted by Gasteiger charge is 2.25. The number of carbonyl (C=O) groups excluding carboxylic acids is 2. The second-order valence-electron chi connectivity index (χ2n) is 5.90. The molecular weight excluding hydrogens is 429 g/mol. The lowest BCUT2D eigenvalue weighted by molar-refractivity contribution is 0.0301. The third-order valence-electron chi connectivity index (χ3n) is 4.09. The topological polar surface area (TPSA) is 90.9 Å². The van der Waals surface area contributed by atoms with Gasteiger partial charge in [0.05, 0.1) is 39.7 Å². The number of anilines is 2. The minimum atomic E-state index is -0.674. The molecule has 7 nitrogen and oxygen atoms in total. The van der Waals surface area contributed by atoms with Gasteiger partial charge in [-0.05, 0) is 24.3 Å². The first kappa shape index (κ1) is 20.5. The zero-order valence-corrected chi connectivity index (χ0v) is 16.7. The highest BCUT2D eigenvalue weighted by atomic mass is 35.5. The van der Waals surface area contributed by atoms with E-state index in [4.69, 9.17) is 39.5 Å². The van der Waals surface area contributed by atoms with Crippen LogP contribution in [0.5, 0.6) is 5.75 Å². The van der Waals surface area contributed by atoms with Crippen molar-refractivity contribution in [2.24, 2.45) is 0 Å². The van der Waals surface area contributed by atoms with Crippen molar-refractivity contribution in [1.29, 1.82) is 0 Å². The third-order valence-corrected chi connectivity index (χ3v) is 5.22. The summed E-state index contributed by atoms with van der Waals surface area (Å²) in [6.07, 6.45) is 0. The molecule has 3 amide bonds. The maximum Gasteiger partial charge on any atom is 0.323 e. The van der Waals surface area contributed by atoms with Crippen molar-refractivity contribution in [3.8, 4) is 5.75 Å². The van der Waals surface area contributed by atoms with Crippen LogP contribution in [0.4, 0.5) is 16.2 Å². The molecule has 1 heterocycles. The molecule has 28 heavy (non-hydrogen) atoms. The van der Waals surface area contributed by atoms with Gasteiger partial charge in [0.25, 0.3) is 5.91 Å². The second-order valence-corrected chi connectivity index (χ2v) is 7.10. The van der Waals surface area contributed by atoms with Gasteiger partial charge in [-0.3, -0.25) is 4.79 Å². The van der Waals surface area contributed by atoms with E-state index >= 15 is 0 Å². The Bertz CT molecular complexity index is 917. The highest BCUT2D eigenvalue weighted by Crippen LogP contribution is 2.35. The van der Waals surface area contributed by atoms with Gasteiger partial charge in [0.1, 0.15) is 5.56 Å². The van der Waals surface area contributed by atoms with Crippen LogP contribution in [-0.4, -0.2) is 48.2 Å². The zero-order chi connectivity index (χ0) is 20.3. The van der Waals surface area contributed by atoms with Crippen molar-refractivity contribution in [2.75, 3.05) is 36.9 Å². The number of halogens is 3. The summed E-state index contributed by atoms with van der Waals surface area (Å²) in [6, 6.07) is 6.93. The summed E-state index contributed by atoms with van der Waals surface area (Å²) < 4.78 is 5.22. The van der Waals surface area contributed by atoms with E-state index in [1.807, 2.05) is 0 Å². The van der Waals surface area contributed by atoms with Crippen LogP contribution in [0.15, 0.2) is 30.3 Å². The molecule has 0 spiro atoms.